The number of carboxylic acids is 4. The van der Waals surface area contributed by atoms with E-state index < -0.39 is 23.9 Å². The first-order valence-electron chi connectivity index (χ1n) is 16.5. The second-order valence-electron chi connectivity index (χ2n) is 12.7. The second kappa shape index (κ2) is 19.7. The molecule has 3 heterocycles. The molecule has 1 saturated heterocycles. The van der Waals surface area contributed by atoms with E-state index in [4.69, 9.17) is 29.7 Å². The van der Waals surface area contributed by atoms with Crippen LogP contribution < -0.4 is 4.74 Å². The SMILES string of the molecule is CN(C)Cc1c(OCC2CC2)ccc2c(CCC3CCN(Cc4ccc(C#N)n4C)CC3)noc12.O=C(O)C=CC(=O)O.O=C(O)C=CC(=O)O. The van der Waals surface area contributed by atoms with Crippen LogP contribution >= 0.6 is 0 Å². The van der Waals surface area contributed by atoms with Crippen molar-refractivity contribution in [2.24, 2.45) is 18.9 Å². The number of piperidine rings is 1. The van der Waals surface area contributed by atoms with Gasteiger partial charge in [-0.3, -0.25) is 4.90 Å². The number of benzene rings is 1. The van der Waals surface area contributed by atoms with Crippen molar-refractivity contribution in [1.82, 2.24) is 19.5 Å². The zero-order valence-electron chi connectivity index (χ0n) is 29.0. The van der Waals surface area contributed by atoms with Crippen LogP contribution in [0.4, 0.5) is 0 Å². The van der Waals surface area contributed by atoms with Crippen molar-refractivity contribution in [3.8, 4) is 11.8 Å². The Kier molecular flexibility index (Phi) is 15.4. The highest BCUT2D eigenvalue weighted by molar-refractivity contribution is 5.90. The quantitative estimate of drug-likeness (QED) is 0.173. The van der Waals surface area contributed by atoms with Gasteiger partial charge in [-0.25, -0.2) is 19.2 Å². The highest BCUT2D eigenvalue weighted by Gasteiger charge is 2.25. The highest BCUT2D eigenvalue weighted by atomic mass is 16.5. The molecule has 2 aromatic heterocycles. The van der Waals surface area contributed by atoms with E-state index in [1.165, 1.54) is 31.4 Å². The third-order valence-electron chi connectivity index (χ3n) is 8.38. The number of carboxylic acid groups (broad SMARTS) is 4. The first-order chi connectivity index (χ1) is 24.3. The van der Waals surface area contributed by atoms with Gasteiger partial charge in [-0.2, -0.15) is 5.26 Å². The summed E-state index contributed by atoms with van der Waals surface area (Å²) in [7, 11) is 6.13. The lowest BCUT2D eigenvalue weighted by Gasteiger charge is -2.32. The van der Waals surface area contributed by atoms with Gasteiger partial charge in [0.05, 0.1) is 17.9 Å². The summed E-state index contributed by atoms with van der Waals surface area (Å²) in [6.45, 7) is 4.70. The van der Waals surface area contributed by atoms with Crippen LogP contribution in [0.15, 0.2) is 53.1 Å². The van der Waals surface area contributed by atoms with Crippen LogP contribution in [0.3, 0.4) is 0 Å². The van der Waals surface area contributed by atoms with Gasteiger partial charge in [0.25, 0.3) is 0 Å². The zero-order chi connectivity index (χ0) is 37.5. The Balaban J connectivity index is 0.000000366. The lowest BCUT2D eigenvalue weighted by molar-refractivity contribution is -0.134. The van der Waals surface area contributed by atoms with Crippen molar-refractivity contribution in [2.75, 3.05) is 33.8 Å². The maximum absolute atomic E-state index is 9.55. The van der Waals surface area contributed by atoms with E-state index in [1.807, 2.05) is 17.7 Å². The monoisotopic (exact) mass is 707 g/mol. The summed E-state index contributed by atoms with van der Waals surface area (Å²) < 4.78 is 14.1. The highest BCUT2D eigenvalue weighted by Crippen LogP contribution is 2.35. The van der Waals surface area contributed by atoms with Crippen LogP contribution in [0.1, 0.15) is 54.7 Å². The number of aliphatic carboxylic acids is 4. The Morgan fingerprint density at radius 1 is 0.922 bits per heavy atom. The minimum atomic E-state index is -1.26. The Bertz CT molecular complexity index is 1690. The van der Waals surface area contributed by atoms with E-state index in [9.17, 15) is 24.4 Å². The summed E-state index contributed by atoms with van der Waals surface area (Å²) >= 11 is 0. The molecular weight excluding hydrogens is 662 g/mol. The third-order valence-corrected chi connectivity index (χ3v) is 8.38. The van der Waals surface area contributed by atoms with Crippen molar-refractivity contribution < 1.29 is 48.9 Å². The van der Waals surface area contributed by atoms with Crippen LogP contribution in [-0.2, 0) is 45.7 Å². The van der Waals surface area contributed by atoms with Crippen molar-refractivity contribution >= 4 is 34.8 Å². The van der Waals surface area contributed by atoms with Crippen molar-refractivity contribution in [1.29, 1.82) is 5.26 Å². The van der Waals surface area contributed by atoms with Crippen LogP contribution in [0, 0.1) is 23.2 Å². The van der Waals surface area contributed by atoms with Gasteiger partial charge in [0.15, 0.2) is 5.58 Å². The maximum Gasteiger partial charge on any atom is 0.328 e. The largest absolute Gasteiger partial charge is 0.493 e. The summed E-state index contributed by atoms with van der Waals surface area (Å²) in [6.07, 6.45) is 9.30. The Morgan fingerprint density at radius 2 is 1.51 bits per heavy atom. The summed E-state index contributed by atoms with van der Waals surface area (Å²) in [5.41, 5.74) is 5.01. The van der Waals surface area contributed by atoms with Crippen LogP contribution in [0.25, 0.3) is 11.0 Å². The van der Waals surface area contributed by atoms with Crippen LogP contribution in [-0.4, -0.2) is 97.6 Å². The average Bonchev–Trinajstić information content (AvgIpc) is 3.72. The number of carbonyl (C=O) groups is 4. The smallest absolute Gasteiger partial charge is 0.328 e. The Labute approximate surface area is 295 Å². The molecule has 15 nitrogen and oxygen atoms in total. The molecule has 3 aromatic rings. The summed E-state index contributed by atoms with van der Waals surface area (Å²) in [5, 5.41) is 46.1. The number of aromatic nitrogens is 2. The van der Waals surface area contributed by atoms with Gasteiger partial charge in [-0.15, -0.1) is 0 Å². The molecule has 15 heteroatoms. The molecule has 2 aliphatic rings. The summed E-state index contributed by atoms with van der Waals surface area (Å²) in [5.74, 6) is -2.66. The number of likely N-dealkylation sites (tertiary alicyclic amines) is 1. The topological polar surface area (TPSA) is 220 Å². The molecule has 5 rings (SSSR count). The second-order valence-corrected chi connectivity index (χ2v) is 12.7. The molecule has 0 unspecified atom stereocenters. The molecule has 0 radical (unpaired) electrons. The molecule has 1 aliphatic carbocycles. The molecule has 0 atom stereocenters. The molecule has 51 heavy (non-hydrogen) atoms. The molecule has 1 aromatic carbocycles. The zero-order valence-corrected chi connectivity index (χ0v) is 29.0. The molecule has 0 spiro atoms. The van der Waals surface area contributed by atoms with Gasteiger partial charge in [0.1, 0.15) is 17.5 Å². The number of nitrogens with zero attached hydrogens (tertiary/aromatic N) is 5. The van der Waals surface area contributed by atoms with E-state index in [2.05, 4.69) is 53.3 Å². The molecule has 274 valence electrons. The van der Waals surface area contributed by atoms with Gasteiger partial charge in [-0.1, -0.05) is 5.16 Å². The first-order valence-corrected chi connectivity index (χ1v) is 16.5. The van der Waals surface area contributed by atoms with E-state index >= 15 is 0 Å². The van der Waals surface area contributed by atoms with Crippen LogP contribution in [0.5, 0.6) is 5.75 Å². The Hall–Kier alpha value is -5.46. The molecule has 4 N–H and O–H groups in total. The molecular formula is C36H45N5O10. The number of rotatable bonds is 14. The Morgan fingerprint density at radius 3 is 2.00 bits per heavy atom. The van der Waals surface area contributed by atoms with E-state index in [0.29, 0.717) is 30.2 Å². The van der Waals surface area contributed by atoms with E-state index in [-0.39, 0.29) is 0 Å². The minimum absolute atomic E-state index is 0.558. The van der Waals surface area contributed by atoms with Gasteiger partial charge in [0.2, 0.25) is 0 Å². The minimum Gasteiger partial charge on any atom is -0.493 e. The fourth-order valence-corrected chi connectivity index (χ4v) is 5.48. The maximum atomic E-state index is 9.55. The van der Waals surface area contributed by atoms with Gasteiger partial charge >= 0.3 is 23.9 Å². The number of nitriles is 1. The fourth-order valence-electron chi connectivity index (χ4n) is 5.48. The predicted octanol–water partition coefficient (Wildman–Crippen LogP) is 4.16. The van der Waals surface area contributed by atoms with Crippen molar-refractivity contribution in [2.45, 2.75) is 51.6 Å². The van der Waals surface area contributed by atoms with Crippen molar-refractivity contribution in [3.63, 3.8) is 0 Å². The molecule has 1 aliphatic heterocycles. The predicted molar refractivity (Wildman–Crippen MR) is 185 cm³/mol. The number of aryl methyl sites for hydroxylation is 1. The van der Waals surface area contributed by atoms with Crippen molar-refractivity contribution in [3.05, 3.63) is 71.2 Å². The number of fused-ring (bicyclic) bond motifs is 1. The molecule has 2 fully saturated rings. The first kappa shape index (κ1) is 40.0. The standard InChI is InChI=1S/C28H37N5O2.2C4H4O4/c1-31(2)18-25-27(34-19-21-4-5-21)11-9-24-26(30-35-28(24)25)10-6-20-12-14-33(15-13-20)17-23-8-7-22(16-29)32(23)3;2*5-3(6)1-2-4(7)8/h7-9,11,20-21H,4-6,10,12-15,17-19H2,1-3H3;2*1-2H,(H,5,6)(H,7,8). The fraction of sp³-hybridized carbons (Fsp3) is 0.444. The average molecular weight is 708 g/mol. The normalized spacial score (nSPS) is 14.9. The molecule has 0 amide bonds. The van der Waals surface area contributed by atoms with Gasteiger partial charge in [-0.05, 0) is 102 Å². The van der Waals surface area contributed by atoms with E-state index in [1.54, 1.807) is 0 Å². The third kappa shape index (κ3) is 13.8. The number of hydrogen-bond acceptors (Lipinski definition) is 10. The molecule has 0 bridgehead atoms. The lowest BCUT2D eigenvalue weighted by atomic mass is 9.91. The number of hydrogen-bond donors (Lipinski definition) is 4. The lowest BCUT2D eigenvalue weighted by Crippen LogP contribution is -2.33. The van der Waals surface area contributed by atoms with E-state index in [0.717, 1.165) is 85.2 Å². The van der Waals surface area contributed by atoms with Gasteiger partial charge in [0, 0.05) is 55.5 Å². The number of ether oxygens (including phenoxy) is 1. The van der Waals surface area contributed by atoms with Gasteiger partial charge < -0.3 is 39.2 Å². The van der Waals surface area contributed by atoms with Crippen LogP contribution in [0.2, 0.25) is 0 Å². The molecule has 1 saturated carbocycles. The summed E-state index contributed by atoms with van der Waals surface area (Å²) in [4.78, 5) is 42.9. The summed E-state index contributed by atoms with van der Waals surface area (Å²) in [6, 6.07) is 10.5.